The van der Waals surface area contributed by atoms with Crippen LogP contribution in [0.4, 0.5) is 11.4 Å². The summed E-state index contributed by atoms with van der Waals surface area (Å²) in [4.78, 5) is 16.5. The number of likely N-dealkylation sites (N-methyl/N-ethyl adjacent to an activating group) is 2. The van der Waals surface area contributed by atoms with E-state index >= 15 is 0 Å². The number of anilines is 1. The normalized spacial score (nSPS) is 22.5. The van der Waals surface area contributed by atoms with E-state index < -0.39 is 0 Å². The molecule has 2 aromatic rings. The van der Waals surface area contributed by atoms with E-state index in [0.717, 1.165) is 43.7 Å². The number of hydrogen-bond acceptors (Lipinski definition) is 3. The number of quaternary nitrogens is 1. The largest absolute Gasteiger partial charge is 0.456 e. The van der Waals surface area contributed by atoms with Crippen LogP contribution in [0.15, 0.2) is 99.5 Å². The number of fused-ring (bicyclic) bond motifs is 4. The highest BCUT2D eigenvalue weighted by Crippen LogP contribution is 2.50. The molecule has 0 saturated heterocycles. The molecule has 1 atom stereocenters. The number of nitrogens with zero attached hydrogens (tertiary/aromatic N) is 1. The molecule has 4 heteroatoms. The monoisotopic (exact) mass is 583 g/mol. The molecule has 3 heterocycles. The van der Waals surface area contributed by atoms with Crippen LogP contribution in [0.25, 0.3) is 23.0 Å². The minimum atomic E-state index is -0.148. The van der Waals surface area contributed by atoms with E-state index in [1.165, 1.54) is 55.5 Å². The van der Waals surface area contributed by atoms with Crippen LogP contribution in [0.5, 0.6) is 0 Å². The summed E-state index contributed by atoms with van der Waals surface area (Å²) in [5, 5.41) is 0. The number of benzene rings is 3. The van der Waals surface area contributed by atoms with Crippen molar-refractivity contribution < 1.29 is 9.32 Å². The first kappa shape index (κ1) is 28.6. The van der Waals surface area contributed by atoms with Gasteiger partial charge in [-0.05, 0) is 106 Å². The van der Waals surface area contributed by atoms with Gasteiger partial charge in [0.25, 0.3) is 0 Å². The van der Waals surface area contributed by atoms with Crippen LogP contribution in [0.3, 0.4) is 0 Å². The molecule has 0 saturated carbocycles. The van der Waals surface area contributed by atoms with Crippen molar-refractivity contribution in [3.05, 3.63) is 129 Å². The average molecular weight is 584 g/mol. The lowest BCUT2D eigenvalue weighted by molar-refractivity contribution is -0.786. The van der Waals surface area contributed by atoms with Crippen LogP contribution in [-0.4, -0.2) is 13.1 Å². The Morgan fingerprint density at radius 3 is 2.41 bits per heavy atom. The van der Waals surface area contributed by atoms with Crippen molar-refractivity contribution in [2.24, 2.45) is 0 Å². The molecular weight excluding hydrogens is 540 g/mol. The van der Waals surface area contributed by atoms with Crippen molar-refractivity contribution in [3.8, 4) is 11.3 Å². The summed E-state index contributed by atoms with van der Waals surface area (Å²) in [5.74, 6) is 1.59. The van der Waals surface area contributed by atoms with Crippen molar-refractivity contribution >= 4 is 23.0 Å². The van der Waals surface area contributed by atoms with Gasteiger partial charge >= 0.3 is 0 Å². The molecule has 0 radical (unpaired) electrons. The van der Waals surface area contributed by atoms with Gasteiger partial charge in [-0.1, -0.05) is 50.2 Å². The molecule has 0 aromatic heterocycles. The van der Waals surface area contributed by atoms with Gasteiger partial charge in [-0.15, -0.1) is 0 Å². The fraction of sp³-hybridized carbons (Fsp3) is 0.325. The second-order valence-corrected chi connectivity index (χ2v) is 13.5. The van der Waals surface area contributed by atoms with Crippen LogP contribution in [0.2, 0.25) is 0 Å². The molecule has 0 spiro atoms. The van der Waals surface area contributed by atoms with Gasteiger partial charge in [0, 0.05) is 46.1 Å². The van der Waals surface area contributed by atoms with Gasteiger partial charge in [-0.3, -0.25) is 9.69 Å². The third kappa shape index (κ3) is 4.26. The van der Waals surface area contributed by atoms with Crippen molar-refractivity contribution in [2.75, 3.05) is 18.0 Å². The Kier molecular flexibility index (Phi) is 6.82. The van der Waals surface area contributed by atoms with Crippen LogP contribution in [0.1, 0.15) is 82.4 Å². The number of hydrogen-bond donors (Lipinski definition) is 1. The van der Waals surface area contributed by atoms with Crippen LogP contribution in [0, 0.1) is 0 Å². The van der Waals surface area contributed by atoms with Crippen molar-refractivity contribution in [2.45, 2.75) is 71.6 Å². The zero-order chi connectivity index (χ0) is 30.8. The van der Waals surface area contributed by atoms with Crippen LogP contribution in [-0.2, 0) is 17.3 Å². The summed E-state index contributed by atoms with van der Waals surface area (Å²) in [6, 6.07) is 22.9. The summed E-state index contributed by atoms with van der Waals surface area (Å²) in [6.07, 6.45) is 10.0. The van der Waals surface area contributed by atoms with Gasteiger partial charge < -0.3 is 9.32 Å². The van der Waals surface area contributed by atoms with E-state index in [2.05, 4.69) is 113 Å². The fourth-order valence-corrected chi connectivity index (χ4v) is 8.08. The summed E-state index contributed by atoms with van der Waals surface area (Å²) >= 11 is 0. The van der Waals surface area contributed by atoms with E-state index in [9.17, 15) is 4.79 Å². The maximum Gasteiger partial charge on any atom is 0.182 e. The first-order chi connectivity index (χ1) is 21.2. The molecule has 1 unspecified atom stereocenters. The second-order valence-electron chi connectivity index (χ2n) is 13.5. The Balaban J connectivity index is 1.41. The van der Waals surface area contributed by atoms with Gasteiger partial charge in [-0.2, -0.15) is 0 Å². The zero-order valence-electron chi connectivity index (χ0n) is 26.9. The molecule has 7 rings (SSSR count). The Morgan fingerprint density at radius 2 is 1.64 bits per heavy atom. The highest BCUT2D eigenvalue weighted by atomic mass is 16.3. The molecule has 0 amide bonds. The summed E-state index contributed by atoms with van der Waals surface area (Å²) in [6.45, 7) is 15.7. The minimum Gasteiger partial charge on any atom is -0.456 e. The standard InChI is InChI=1S/C40H42N2O2/c1-7-41-33-18-11-9-16-31(33)39(3,4)36(41)23-20-26-14-13-15-29-30(28-22-21-27(43)24-35(28)44-38(26)29)25-37-40(5,6)32-17-10-12-19-34(32)42(37)8-2/h9-12,16-25H,7-8,13-15H2,1-6H3/p+1/b26-20?,36-23?,37-25+. The lowest BCUT2D eigenvalue weighted by Gasteiger charge is -2.29. The van der Waals surface area contributed by atoms with Gasteiger partial charge in [0.1, 0.15) is 22.9 Å². The topological polar surface area (TPSA) is 37.9 Å². The van der Waals surface area contributed by atoms with Gasteiger partial charge in [-0.25, -0.2) is 0 Å². The first-order valence-corrected chi connectivity index (χ1v) is 16.2. The highest BCUT2D eigenvalue weighted by molar-refractivity contribution is 5.85. The molecule has 2 aromatic carbocycles. The number of nitrogens with one attached hydrogen (secondary N) is 1. The van der Waals surface area contributed by atoms with Crippen molar-refractivity contribution in [1.29, 1.82) is 0 Å². The third-order valence-corrected chi connectivity index (χ3v) is 10.3. The maximum atomic E-state index is 12.6. The third-order valence-electron chi connectivity index (χ3n) is 10.3. The zero-order valence-corrected chi connectivity index (χ0v) is 26.9. The number of rotatable bonds is 4. The second kappa shape index (κ2) is 10.5. The molecule has 44 heavy (non-hydrogen) atoms. The van der Waals surface area contributed by atoms with Crippen molar-refractivity contribution in [3.63, 3.8) is 0 Å². The van der Waals surface area contributed by atoms with Crippen LogP contribution >= 0.6 is 0 Å². The maximum absolute atomic E-state index is 12.6. The minimum absolute atomic E-state index is 0.0281. The summed E-state index contributed by atoms with van der Waals surface area (Å²) < 4.78 is 6.68. The molecular formula is C40H43N2O2+. The highest BCUT2D eigenvalue weighted by Gasteiger charge is 2.44. The Hall–Kier alpha value is -4.15. The summed E-state index contributed by atoms with van der Waals surface area (Å²) in [7, 11) is 0. The Morgan fingerprint density at radius 1 is 0.886 bits per heavy atom. The Labute approximate surface area is 261 Å². The molecule has 0 fully saturated rings. The van der Waals surface area contributed by atoms with E-state index in [4.69, 9.17) is 4.42 Å². The van der Waals surface area contributed by atoms with Gasteiger partial charge in [0.2, 0.25) is 0 Å². The SMILES string of the molecule is CCN1/C(=C/c2c3ccc(=O)cc-3oc3c2CCCC3=CC=C2[NH+](CC)c3ccccc3C2(C)C)C(C)(C)c2ccccc21. The molecule has 1 N–H and O–H groups in total. The molecule has 0 bridgehead atoms. The quantitative estimate of drug-likeness (QED) is 0.264. The summed E-state index contributed by atoms with van der Waals surface area (Å²) in [5.41, 5.74) is 12.5. The first-order valence-electron chi connectivity index (χ1n) is 16.2. The van der Waals surface area contributed by atoms with E-state index in [-0.39, 0.29) is 16.3 Å². The van der Waals surface area contributed by atoms with E-state index in [1.54, 1.807) is 12.1 Å². The molecule has 224 valence electrons. The predicted molar refractivity (Wildman–Crippen MR) is 182 cm³/mol. The molecule has 5 aliphatic rings. The molecule has 2 aliphatic carbocycles. The van der Waals surface area contributed by atoms with Crippen LogP contribution < -0.4 is 15.2 Å². The van der Waals surface area contributed by atoms with E-state index in [1.807, 2.05) is 6.07 Å². The average Bonchev–Trinajstić information content (AvgIpc) is 3.37. The number of allylic oxidation sites excluding steroid dienone is 5. The number of para-hydroxylation sites is 2. The Bertz CT molecular complexity index is 1900. The smallest absolute Gasteiger partial charge is 0.182 e. The van der Waals surface area contributed by atoms with E-state index in [0.29, 0.717) is 5.76 Å². The lowest BCUT2D eigenvalue weighted by Crippen LogP contribution is -3.04. The molecule has 3 aliphatic heterocycles. The lowest BCUT2D eigenvalue weighted by atomic mass is 9.81. The fourth-order valence-electron chi connectivity index (χ4n) is 8.08. The van der Waals surface area contributed by atoms with Crippen molar-refractivity contribution in [1.82, 2.24) is 0 Å². The van der Waals surface area contributed by atoms with Gasteiger partial charge in [0.05, 0.1) is 12.0 Å². The van der Waals surface area contributed by atoms with Gasteiger partial charge in [0.15, 0.2) is 5.43 Å². The predicted octanol–water partition coefficient (Wildman–Crippen LogP) is 8.03. The molecule has 4 nitrogen and oxygen atoms in total.